The van der Waals surface area contributed by atoms with E-state index < -0.39 is 0 Å². The summed E-state index contributed by atoms with van der Waals surface area (Å²) in [6.07, 6.45) is 0. The third kappa shape index (κ3) is 4.28. The van der Waals surface area contributed by atoms with E-state index in [1.165, 1.54) is 0 Å². The number of halogens is 3. The van der Waals surface area contributed by atoms with Crippen LogP contribution in [-0.4, -0.2) is 17.9 Å². The van der Waals surface area contributed by atoms with Crippen LogP contribution in [0.5, 0.6) is 0 Å². The number of rotatable bonds is 3. The molecule has 0 heterocycles. The van der Waals surface area contributed by atoms with Crippen molar-refractivity contribution in [2.45, 2.75) is 6.92 Å². The Morgan fingerprint density at radius 2 is 2.00 bits per heavy atom. The molecule has 0 spiro atoms. The molecule has 0 N–H and O–H groups in total. The molecule has 5 heteroatoms. The molecule has 0 amide bonds. The summed E-state index contributed by atoms with van der Waals surface area (Å²) >= 11 is 9.44. The van der Waals surface area contributed by atoms with Gasteiger partial charge in [0.2, 0.25) is 0 Å². The second kappa shape index (κ2) is 6.20. The molecule has 0 saturated carbocycles. The average molecular weight is 351 g/mol. The van der Waals surface area contributed by atoms with Gasteiger partial charge in [-0.15, -0.1) is 0 Å². The van der Waals surface area contributed by atoms with Crippen molar-refractivity contribution in [3.8, 4) is 0 Å². The van der Waals surface area contributed by atoms with E-state index >= 15 is 0 Å². The van der Waals surface area contributed by atoms with Crippen LogP contribution < -0.4 is 0 Å². The fourth-order valence-electron chi connectivity index (χ4n) is 0.400. The lowest BCUT2D eigenvalue weighted by Gasteiger charge is -2.02. The highest BCUT2D eigenvalue weighted by atomic mass is 79.9. The van der Waals surface area contributed by atoms with Crippen molar-refractivity contribution < 1.29 is 9.53 Å². The van der Waals surface area contributed by atoms with Gasteiger partial charge in [0.25, 0.3) is 0 Å². The highest BCUT2D eigenvalue weighted by molar-refractivity contribution is 9.28. The zero-order valence-corrected chi connectivity index (χ0v) is 10.6. The van der Waals surface area contributed by atoms with Gasteiger partial charge in [-0.1, -0.05) is 15.9 Å². The molecule has 0 aliphatic carbocycles. The normalized spacial score (nSPS) is 9.09. The first-order valence-corrected chi connectivity index (χ1v) is 5.61. The zero-order chi connectivity index (χ0) is 8.85. The average Bonchev–Trinajstić information content (AvgIpc) is 1.88. The quantitative estimate of drug-likeness (QED) is 0.444. The molecule has 0 fully saturated rings. The first kappa shape index (κ1) is 11.6. The van der Waals surface area contributed by atoms with Crippen LogP contribution in [0, 0.1) is 0 Å². The van der Waals surface area contributed by atoms with Crippen LogP contribution in [0.3, 0.4) is 0 Å². The summed E-state index contributed by atoms with van der Waals surface area (Å²) in [5.41, 5.74) is 0.548. The molecule has 0 unspecified atom stereocenters. The Morgan fingerprint density at radius 1 is 1.45 bits per heavy atom. The van der Waals surface area contributed by atoms with Gasteiger partial charge < -0.3 is 4.74 Å². The Morgan fingerprint density at radius 3 is 2.27 bits per heavy atom. The Kier molecular flexibility index (Phi) is 6.56. The Bertz CT molecular complexity index is 173. The summed E-state index contributed by atoms with van der Waals surface area (Å²) in [7, 11) is 0. The van der Waals surface area contributed by atoms with E-state index in [1.807, 2.05) is 0 Å². The van der Waals surface area contributed by atoms with Gasteiger partial charge in [0.05, 0.1) is 15.6 Å². The Labute approximate surface area is 90.8 Å². The van der Waals surface area contributed by atoms with Gasteiger partial charge in [0.1, 0.15) is 0 Å². The standard InChI is InChI=1S/C6H7Br3O2/c1-2-11-6(10)4(3-7)5(8)9/h2-3H2,1H3. The molecule has 0 aliphatic heterocycles. The fourth-order valence-corrected chi connectivity index (χ4v) is 2.27. The second-order valence-corrected chi connectivity index (χ2v) is 4.80. The first-order valence-electron chi connectivity index (χ1n) is 2.90. The molecule has 0 aliphatic rings. The van der Waals surface area contributed by atoms with E-state index in [2.05, 4.69) is 47.8 Å². The molecular weight excluding hydrogens is 344 g/mol. The molecule has 0 aromatic rings. The van der Waals surface area contributed by atoms with Gasteiger partial charge in [-0.25, -0.2) is 4.79 Å². The zero-order valence-electron chi connectivity index (χ0n) is 5.86. The van der Waals surface area contributed by atoms with Crippen molar-refractivity contribution >= 4 is 53.8 Å². The van der Waals surface area contributed by atoms with Crippen LogP contribution in [0.2, 0.25) is 0 Å². The maximum Gasteiger partial charge on any atom is 0.336 e. The Balaban J connectivity index is 4.28. The van der Waals surface area contributed by atoms with Crippen molar-refractivity contribution in [1.29, 1.82) is 0 Å². The predicted octanol–water partition coefficient (Wildman–Crippen LogP) is 2.95. The van der Waals surface area contributed by atoms with Crippen molar-refractivity contribution in [2.75, 3.05) is 11.9 Å². The van der Waals surface area contributed by atoms with Crippen LogP contribution in [0.25, 0.3) is 0 Å². The second-order valence-electron chi connectivity index (χ2n) is 1.59. The monoisotopic (exact) mass is 348 g/mol. The third-order valence-corrected chi connectivity index (χ3v) is 2.40. The van der Waals surface area contributed by atoms with Crippen molar-refractivity contribution in [1.82, 2.24) is 0 Å². The molecular formula is C6H7Br3O2. The smallest absolute Gasteiger partial charge is 0.336 e. The molecule has 0 radical (unpaired) electrons. The minimum atomic E-state index is -0.312. The van der Waals surface area contributed by atoms with Crippen LogP contribution >= 0.6 is 47.8 Å². The van der Waals surface area contributed by atoms with Gasteiger partial charge >= 0.3 is 5.97 Å². The van der Waals surface area contributed by atoms with E-state index in [1.54, 1.807) is 6.92 Å². The first-order chi connectivity index (χ1) is 5.13. The SMILES string of the molecule is CCOC(=O)C(CBr)=C(Br)Br. The van der Waals surface area contributed by atoms with E-state index in [9.17, 15) is 4.79 Å². The van der Waals surface area contributed by atoms with Crippen LogP contribution in [0.15, 0.2) is 8.96 Å². The van der Waals surface area contributed by atoms with Crippen LogP contribution in [0.1, 0.15) is 6.92 Å². The summed E-state index contributed by atoms with van der Waals surface area (Å²) in [5.74, 6) is -0.312. The number of hydrogen-bond donors (Lipinski definition) is 0. The van der Waals surface area contributed by atoms with Gasteiger partial charge in [0, 0.05) is 5.33 Å². The van der Waals surface area contributed by atoms with E-state index in [4.69, 9.17) is 4.74 Å². The summed E-state index contributed by atoms with van der Waals surface area (Å²) in [6.45, 7) is 2.16. The summed E-state index contributed by atoms with van der Waals surface area (Å²) in [4.78, 5) is 11.0. The molecule has 64 valence electrons. The lowest BCUT2D eigenvalue weighted by atomic mass is 10.4. The van der Waals surface area contributed by atoms with Crippen molar-refractivity contribution in [2.24, 2.45) is 0 Å². The highest BCUT2D eigenvalue weighted by Gasteiger charge is 2.11. The van der Waals surface area contributed by atoms with E-state index in [0.717, 1.165) is 0 Å². The minimum absolute atomic E-state index is 0.312. The molecule has 2 nitrogen and oxygen atoms in total. The predicted molar refractivity (Wildman–Crippen MR) is 55.3 cm³/mol. The lowest BCUT2D eigenvalue weighted by molar-refractivity contribution is -0.138. The number of hydrogen-bond acceptors (Lipinski definition) is 2. The van der Waals surface area contributed by atoms with Crippen molar-refractivity contribution in [3.05, 3.63) is 8.96 Å². The van der Waals surface area contributed by atoms with Crippen LogP contribution in [0.4, 0.5) is 0 Å². The maximum absolute atomic E-state index is 11.0. The van der Waals surface area contributed by atoms with E-state index in [0.29, 0.717) is 20.9 Å². The number of alkyl halides is 1. The topological polar surface area (TPSA) is 26.3 Å². The molecule has 11 heavy (non-hydrogen) atoms. The number of carbonyl (C=O) groups is 1. The van der Waals surface area contributed by atoms with Crippen LogP contribution in [-0.2, 0) is 9.53 Å². The van der Waals surface area contributed by atoms with Gasteiger partial charge in [-0.3, -0.25) is 0 Å². The Hall–Kier alpha value is 0.650. The van der Waals surface area contributed by atoms with E-state index in [-0.39, 0.29) is 5.97 Å². The molecule has 0 aromatic heterocycles. The summed E-state index contributed by atoms with van der Waals surface area (Å²) < 4.78 is 5.39. The van der Waals surface area contributed by atoms with Crippen molar-refractivity contribution in [3.63, 3.8) is 0 Å². The number of esters is 1. The molecule has 0 bridgehead atoms. The molecule has 0 aromatic carbocycles. The largest absolute Gasteiger partial charge is 0.463 e. The maximum atomic E-state index is 11.0. The summed E-state index contributed by atoms with van der Waals surface area (Å²) in [6, 6.07) is 0. The van der Waals surface area contributed by atoms with Gasteiger partial charge in [-0.05, 0) is 38.8 Å². The highest BCUT2D eigenvalue weighted by Crippen LogP contribution is 2.21. The molecule has 0 rings (SSSR count). The van der Waals surface area contributed by atoms with Gasteiger partial charge in [0.15, 0.2) is 0 Å². The van der Waals surface area contributed by atoms with Gasteiger partial charge in [-0.2, -0.15) is 0 Å². The fraction of sp³-hybridized carbons (Fsp3) is 0.500. The minimum Gasteiger partial charge on any atom is -0.463 e. The number of carbonyl (C=O) groups excluding carboxylic acids is 1. The molecule has 0 atom stereocenters. The summed E-state index contributed by atoms with van der Waals surface area (Å²) in [5, 5.41) is 0.470. The molecule has 0 saturated heterocycles. The number of ether oxygens (including phenoxy) is 1. The lowest BCUT2D eigenvalue weighted by Crippen LogP contribution is -2.08. The third-order valence-electron chi connectivity index (χ3n) is 0.884.